The van der Waals surface area contributed by atoms with Crippen LogP contribution < -0.4 is 0 Å². The number of aromatic carboxylic acids is 1. The van der Waals surface area contributed by atoms with Gasteiger partial charge in [0, 0.05) is 6.20 Å². The summed E-state index contributed by atoms with van der Waals surface area (Å²) in [7, 11) is 0. The Bertz CT molecular complexity index is 373. The van der Waals surface area contributed by atoms with Gasteiger partial charge in [0.25, 0.3) is 0 Å². The number of alkyl halides is 3. The average Bonchev–Trinajstić information content (AvgIpc) is 2.01. The molecule has 0 radical (unpaired) electrons. The van der Waals surface area contributed by atoms with Gasteiger partial charge in [0.15, 0.2) is 0 Å². The van der Waals surface area contributed by atoms with Gasteiger partial charge in [0.05, 0.1) is 5.56 Å². The quantitative estimate of drug-likeness (QED) is 0.763. The number of carboxylic acid groups (broad SMARTS) is 1. The molecule has 0 fully saturated rings. The first-order valence-corrected chi connectivity index (χ1v) is 3.59. The number of aromatic nitrogens is 1. The minimum absolute atomic E-state index is 0.197. The van der Waals surface area contributed by atoms with Crippen LogP contribution in [0.25, 0.3) is 0 Å². The number of hydrogen-bond donors (Lipinski definition) is 1. The molecule has 0 aliphatic carbocycles. The van der Waals surface area contributed by atoms with E-state index < -0.39 is 17.8 Å². The number of pyridine rings is 1. The van der Waals surface area contributed by atoms with Crippen LogP contribution in [0.2, 0.25) is 0 Å². The number of halogens is 3. The molecule has 0 unspecified atom stereocenters. The lowest BCUT2D eigenvalue weighted by Gasteiger charge is -2.08. The van der Waals surface area contributed by atoms with Gasteiger partial charge in [-0.25, -0.2) is 4.79 Å². The Balaban J connectivity index is 3.21. The molecule has 0 amide bonds. The molecule has 1 N–H and O–H groups in total. The molecule has 1 aromatic rings. The molecule has 1 heterocycles. The maximum Gasteiger partial charge on any atom is 0.433 e. The molecular weight excluding hydrogens is 199 g/mol. The normalized spacial score (nSPS) is 11.4. The van der Waals surface area contributed by atoms with Gasteiger partial charge in [0.1, 0.15) is 5.69 Å². The van der Waals surface area contributed by atoms with Gasteiger partial charge in [-0.3, -0.25) is 4.98 Å². The van der Waals surface area contributed by atoms with E-state index in [1.54, 1.807) is 0 Å². The monoisotopic (exact) mass is 205 g/mol. The second kappa shape index (κ2) is 3.28. The number of carboxylic acids is 1. The molecule has 1 rings (SSSR count). The van der Waals surface area contributed by atoms with Crippen molar-refractivity contribution in [2.45, 2.75) is 13.1 Å². The minimum Gasteiger partial charge on any atom is -0.478 e. The summed E-state index contributed by atoms with van der Waals surface area (Å²) in [5, 5.41) is 8.48. The van der Waals surface area contributed by atoms with E-state index in [9.17, 15) is 18.0 Å². The topological polar surface area (TPSA) is 50.2 Å². The Morgan fingerprint density at radius 3 is 2.43 bits per heavy atom. The summed E-state index contributed by atoms with van der Waals surface area (Å²) in [6.07, 6.45) is -3.85. The van der Waals surface area contributed by atoms with Gasteiger partial charge in [-0.05, 0) is 18.6 Å². The van der Waals surface area contributed by atoms with E-state index in [0.717, 1.165) is 6.07 Å². The highest BCUT2D eigenvalue weighted by Gasteiger charge is 2.34. The standard InChI is InChI=1S/C8H6F3NO2/c1-4-2-5(7(13)14)3-12-6(4)8(9,10)11/h2-3H,1H3,(H,13,14). The van der Waals surface area contributed by atoms with Crippen molar-refractivity contribution in [3.63, 3.8) is 0 Å². The zero-order chi connectivity index (χ0) is 10.9. The van der Waals surface area contributed by atoms with Crippen molar-refractivity contribution in [2.24, 2.45) is 0 Å². The van der Waals surface area contributed by atoms with Gasteiger partial charge >= 0.3 is 12.1 Å². The van der Waals surface area contributed by atoms with Crippen molar-refractivity contribution >= 4 is 5.97 Å². The molecule has 14 heavy (non-hydrogen) atoms. The predicted molar refractivity (Wildman–Crippen MR) is 40.9 cm³/mol. The Kier molecular flexibility index (Phi) is 2.46. The smallest absolute Gasteiger partial charge is 0.433 e. The minimum atomic E-state index is -4.54. The van der Waals surface area contributed by atoms with Crippen LogP contribution in [0.15, 0.2) is 12.3 Å². The number of hydrogen-bond acceptors (Lipinski definition) is 2. The molecule has 0 saturated carbocycles. The third-order valence-electron chi connectivity index (χ3n) is 1.59. The van der Waals surface area contributed by atoms with E-state index in [1.807, 2.05) is 0 Å². The summed E-state index contributed by atoms with van der Waals surface area (Å²) < 4.78 is 36.5. The van der Waals surface area contributed by atoms with Crippen LogP contribution in [-0.4, -0.2) is 16.1 Å². The molecule has 0 aliphatic rings. The van der Waals surface area contributed by atoms with Crippen LogP contribution >= 0.6 is 0 Å². The zero-order valence-electron chi connectivity index (χ0n) is 7.09. The summed E-state index contributed by atoms with van der Waals surface area (Å²) in [6.45, 7) is 1.17. The number of nitrogens with zero attached hydrogens (tertiary/aromatic N) is 1. The molecule has 0 aliphatic heterocycles. The fourth-order valence-corrected chi connectivity index (χ4v) is 0.989. The molecule has 1 aromatic heterocycles. The highest BCUT2D eigenvalue weighted by molar-refractivity contribution is 5.87. The number of aryl methyl sites for hydroxylation is 1. The molecule has 0 aromatic carbocycles. The van der Waals surface area contributed by atoms with E-state index in [-0.39, 0.29) is 11.1 Å². The lowest BCUT2D eigenvalue weighted by Crippen LogP contribution is -2.11. The summed E-state index contributed by atoms with van der Waals surface area (Å²) in [4.78, 5) is 13.5. The Morgan fingerprint density at radius 1 is 1.50 bits per heavy atom. The van der Waals surface area contributed by atoms with Crippen LogP contribution in [0.5, 0.6) is 0 Å². The van der Waals surface area contributed by atoms with Crippen molar-refractivity contribution < 1.29 is 23.1 Å². The van der Waals surface area contributed by atoms with E-state index in [4.69, 9.17) is 5.11 Å². The van der Waals surface area contributed by atoms with Crippen LogP contribution in [0.4, 0.5) is 13.2 Å². The van der Waals surface area contributed by atoms with Gasteiger partial charge in [-0.1, -0.05) is 0 Å². The van der Waals surface area contributed by atoms with Crippen molar-refractivity contribution in [1.29, 1.82) is 0 Å². The lowest BCUT2D eigenvalue weighted by molar-refractivity contribution is -0.141. The molecular formula is C8H6F3NO2. The fourth-order valence-electron chi connectivity index (χ4n) is 0.989. The van der Waals surface area contributed by atoms with E-state index >= 15 is 0 Å². The lowest BCUT2D eigenvalue weighted by atomic mass is 10.1. The highest BCUT2D eigenvalue weighted by Crippen LogP contribution is 2.29. The molecule has 0 saturated heterocycles. The second-order valence-electron chi connectivity index (χ2n) is 2.69. The van der Waals surface area contributed by atoms with Gasteiger partial charge < -0.3 is 5.11 Å². The highest BCUT2D eigenvalue weighted by atomic mass is 19.4. The first-order valence-electron chi connectivity index (χ1n) is 3.59. The van der Waals surface area contributed by atoms with E-state index in [1.165, 1.54) is 6.92 Å². The molecule has 76 valence electrons. The van der Waals surface area contributed by atoms with Crippen molar-refractivity contribution in [3.05, 3.63) is 29.1 Å². The van der Waals surface area contributed by atoms with Crippen LogP contribution in [0, 0.1) is 6.92 Å². The van der Waals surface area contributed by atoms with Crippen molar-refractivity contribution in [3.8, 4) is 0 Å². The summed E-state index contributed by atoms with van der Waals surface area (Å²) >= 11 is 0. The van der Waals surface area contributed by atoms with Crippen LogP contribution in [-0.2, 0) is 6.18 Å². The fraction of sp³-hybridized carbons (Fsp3) is 0.250. The number of rotatable bonds is 1. The van der Waals surface area contributed by atoms with Gasteiger partial charge in [0.2, 0.25) is 0 Å². The Hall–Kier alpha value is -1.59. The average molecular weight is 205 g/mol. The third-order valence-corrected chi connectivity index (χ3v) is 1.59. The number of carbonyl (C=O) groups is 1. The summed E-state index contributed by atoms with van der Waals surface area (Å²) in [6, 6.07) is 0.943. The summed E-state index contributed by atoms with van der Waals surface area (Å²) in [5.41, 5.74) is -1.50. The largest absolute Gasteiger partial charge is 0.478 e. The maximum atomic E-state index is 12.2. The Labute approximate surface area is 77.2 Å². The first kappa shape index (κ1) is 10.5. The zero-order valence-corrected chi connectivity index (χ0v) is 7.09. The Morgan fingerprint density at radius 2 is 2.07 bits per heavy atom. The van der Waals surface area contributed by atoms with E-state index in [0.29, 0.717) is 6.20 Å². The molecule has 0 spiro atoms. The molecule has 6 heteroatoms. The SMILES string of the molecule is Cc1cc(C(=O)O)cnc1C(F)(F)F. The van der Waals surface area contributed by atoms with E-state index in [2.05, 4.69) is 4.98 Å². The van der Waals surface area contributed by atoms with Gasteiger partial charge in [-0.15, -0.1) is 0 Å². The van der Waals surface area contributed by atoms with Gasteiger partial charge in [-0.2, -0.15) is 13.2 Å². The molecule has 0 bridgehead atoms. The van der Waals surface area contributed by atoms with Crippen molar-refractivity contribution in [2.75, 3.05) is 0 Å². The van der Waals surface area contributed by atoms with Crippen molar-refractivity contribution in [1.82, 2.24) is 4.98 Å². The summed E-state index contributed by atoms with van der Waals surface area (Å²) in [5.74, 6) is -1.30. The molecule has 0 atom stereocenters. The first-order chi connectivity index (χ1) is 6.32. The van der Waals surface area contributed by atoms with Crippen LogP contribution in [0.3, 0.4) is 0 Å². The third kappa shape index (κ3) is 2.01. The maximum absolute atomic E-state index is 12.2. The second-order valence-corrected chi connectivity index (χ2v) is 2.69. The predicted octanol–water partition coefficient (Wildman–Crippen LogP) is 2.11. The molecule has 3 nitrogen and oxygen atoms in total. The van der Waals surface area contributed by atoms with Crippen LogP contribution in [0.1, 0.15) is 21.6 Å².